The van der Waals surface area contributed by atoms with Gasteiger partial charge in [0.25, 0.3) is 15.9 Å². The van der Waals surface area contributed by atoms with Crippen molar-refractivity contribution in [1.29, 1.82) is 0 Å². The number of carbonyl (C=O) groups is 1. The van der Waals surface area contributed by atoms with Gasteiger partial charge in [0.15, 0.2) is 0 Å². The standard InChI is InChI=1S/C18H20N2O3S/c1-12(2)11-19-18(21)13-8-9-16-15(10-13)14-6-4-5-7-17(14)24(22,23)20(16)3/h4-10,12H,11H2,1-3H3,(H,19,21). The van der Waals surface area contributed by atoms with Crippen LogP contribution in [-0.2, 0) is 10.0 Å². The van der Waals surface area contributed by atoms with Gasteiger partial charge in [0.05, 0.1) is 10.6 Å². The predicted octanol–water partition coefficient (Wildman–Crippen LogP) is 2.88. The second-order valence-corrected chi connectivity index (χ2v) is 8.24. The van der Waals surface area contributed by atoms with Crippen molar-refractivity contribution >= 4 is 21.6 Å². The number of rotatable bonds is 3. The van der Waals surface area contributed by atoms with Crippen molar-refractivity contribution in [2.75, 3.05) is 17.9 Å². The molecule has 1 aliphatic heterocycles. The zero-order valence-corrected chi connectivity index (χ0v) is 14.7. The van der Waals surface area contributed by atoms with E-state index in [0.717, 1.165) is 5.56 Å². The maximum absolute atomic E-state index is 12.6. The third kappa shape index (κ3) is 2.67. The van der Waals surface area contributed by atoms with Crippen molar-refractivity contribution in [2.24, 2.45) is 5.92 Å². The minimum absolute atomic E-state index is 0.153. The Morgan fingerprint density at radius 2 is 1.83 bits per heavy atom. The first-order chi connectivity index (χ1) is 11.3. The molecule has 6 heteroatoms. The Hall–Kier alpha value is -2.34. The molecule has 0 unspecified atom stereocenters. The summed E-state index contributed by atoms with van der Waals surface area (Å²) in [5.41, 5.74) is 2.48. The normalized spacial score (nSPS) is 14.9. The van der Waals surface area contributed by atoms with Gasteiger partial charge in [-0.1, -0.05) is 32.0 Å². The molecule has 0 aromatic heterocycles. The molecule has 2 aromatic rings. The van der Waals surface area contributed by atoms with E-state index in [0.29, 0.717) is 29.3 Å². The van der Waals surface area contributed by atoms with Crippen molar-refractivity contribution in [3.63, 3.8) is 0 Å². The number of anilines is 1. The largest absolute Gasteiger partial charge is 0.352 e. The molecule has 0 spiro atoms. The average molecular weight is 344 g/mol. The summed E-state index contributed by atoms with van der Waals surface area (Å²) in [6, 6.07) is 12.0. The van der Waals surface area contributed by atoms with Crippen LogP contribution in [0.2, 0.25) is 0 Å². The molecule has 0 bridgehead atoms. The summed E-state index contributed by atoms with van der Waals surface area (Å²) in [5, 5.41) is 2.89. The highest BCUT2D eigenvalue weighted by Gasteiger charge is 2.32. The highest BCUT2D eigenvalue weighted by atomic mass is 32.2. The summed E-state index contributed by atoms with van der Waals surface area (Å²) in [6.45, 7) is 4.66. The number of nitrogens with zero attached hydrogens (tertiary/aromatic N) is 1. The zero-order valence-electron chi connectivity index (χ0n) is 13.9. The van der Waals surface area contributed by atoms with Crippen LogP contribution in [0.25, 0.3) is 11.1 Å². The van der Waals surface area contributed by atoms with E-state index in [2.05, 4.69) is 5.32 Å². The number of carbonyl (C=O) groups excluding carboxylic acids is 1. The summed E-state index contributed by atoms with van der Waals surface area (Å²) < 4.78 is 26.5. The number of benzene rings is 2. The van der Waals surface area contributed by atoms with E-state index in [4.69, 9.17) is 0 Å². The van der Waals surface area contributed by atoms with Crippen LogP contribution in [0.15, 0.2) is 47.4 Å². The molecular formula is C18H20N2O3S. The Kier molecular flexibility index (Phi) is 4.09. The first kappa shape index (κ1) is 16.5. The van der Waals surface area contributed by atoms with Crippen molar-refractivity contribution in [3.05, 3.63) is 48.0 Å². The van der Waals surface area contributed by atoms with Gasteiger partial charge in [-0.3, -0.25) is 9.10 Å². The molecule has 0 saturated carbocycles. The molecule has 0 atom stereocenters. The SMILES string of the molecule is CC(C)CNC(=O)c1ccc2c(c1)-c1ccccc1S(=O)(=O)N2C. The molecule has 2 aromatic carbocycles. The lowest BCUT2D eigenvalue weighted by Crippen LogP contribution is -2.31. The molecule has 24 heavy (non-hydrogen) atoms. The van der Waals surface area contributed by atoms with Crippen LogP contribution in [0, 0.1) is 5.92 Å². The lowest BCUT2D eigenvalue weighted by atomic mass is 10.00. The van der Waals surface area contributed by atoms with E-state index in [1.165, 1.54) is 11.4 Å². The Bertz CT molecular complexity index is 904. The van der Waals surface area contributed by atoms with Crippen molar-refractivity contribution in [1.82, 2.24) is 5.32 Å². The minimum Gasteiger partial charge on any atom is -0.352 e. The fourth-order valence-electron chi connectivity index (χ4n) is 2.76. The van der Waals surface area contributed by atoms with Gasteiger partial charge in [-0.05, 0) is 30.2 Å². The van der Waals surface area contributed by atoms with Crippen molar-refractivity contribution in [3.8, 4) is 11.1 Å². The molecule has 0 radical (unpaired) electrons. The summed E-state index contributed by atoms with van der Waals surface area (Å²) in [5.74, 6) is 0.212. The molecule has 1 heterocycles. The van der Waals surface area contributed by atoms with Crippen LogP contribution < -0.4 is 9.62 Å². The van der Waals surface area contributed by atoms with Gasteiger partial charge in [0.1, 0.15) is 0 Å². The third-order valence-electron chi connectivity index (χ3n) is 4.08. The molecule has 1 N–H and O–H groups in total. The van der Waals surface area contributed by atoms with E-state index in [1.54, 1.807) is 42.5 Å². The maximum atomic E-state index is 12.6. The van der Waals surface area contributed by atoms with Gasteiger partial charge < -0.3 is 5.32 Å². The number of nitrogens with one attached hydrogen (secondary N) is 1. The number of hydrogen-bond donors (Lipinski definition) is 1. The summed E-state index contributed by atoms with van der Waals surface area (Å²) in [7, 11) is -2.03. The lowest BCUT2D eigenvalue weighted by Gasteiger charge is -2.29. The maximum Gasteiger partial charge on any atom is 0.264 e. The number of sulfonamides is 1. The van der Waals surface area contributed by atoms with Crippen molar-refractivity contribution in [2.45, 2.75) is 18.7 Å². The number of amides is 1. The van der Waals surface area contributed by atoms with Gasteiger partial charge >= 0.3 is 0 Å². The average Bonchev–Trinajstić information content (AvgIpc) is 2.57. The van der Waals surface area contributed by atoms with E-state index >= 15 is 0 Å². The Morgan fingerprint density at radius 3 is 2.54 bits per heavy atom. The van der Waals surface area contributed by atoms with Crippen molar-refractivity contribution < 1.29 is 13.2 Å². The van der Waals surface area contributed by atoms with Crippen LogP contribution in [-0.4, -0.2) is 27.9 Å². The van der Waals surface area contributed by atoms with Crippen LogP contribution in [0.5, 0.6) is 0 Å². The third-order valence-corrected chi connectivity index (χ3v) is 5.91. The highest BCUT2D eigenvalue weighted by molar-refractivity contribution is 7.93. The fourth-order valence-corrected chi connectivity index (χ4v) is 4.18. The van der Waals surface area contributed by atoms with E-state index in [1.807, 2.05) is 13.8 Å². The lowest BCUT2D eigenvalue weighted by molar-refractivity contribution is 0.0949. The smallest absolute Gasteiger partial charge is 0.264 e. The summed E-state index contributed by atoms with van der Waals surface area (Å²) in [6.07, 6.45) is 0. The molecule has 5 nitrogen and oxygen atoms in total. The summed E-state index contributed by atoms with van der Waals surface area (Å²) >= 11 is 0. The van der Waals surface area contributed by atoms with E-state index in [9.17, 15) is 13.2 Å². The molecule has 0 aliphatic carbocycles. The predicted molar refractivity (Wildman–Crippen MR) is 94.6 cm³/mol. The summed E-state index contributed by atoms with van der Waals surface area (Å²) in [4.78, 5) is 12.6. The monoisotopic (exact) mass is 344 g/mol. The molecule has 126 valence electrons. The fraction of sp³-hybridized carbons (Fsp3) is 0.278. The Labute approximate surface area is 142 Å². The van der Waals surface area contributed by atoms with Gasteiger partial charge in [-0.2, -0.15) is 0 Å². The van der Waals surface area contributed by atoms with Gasteiger partial charge in [0.2, 0.25) is 0 Å². The van der Waals surface area contributed by atoms with E-state index < -0.39 is 10.0 Å². The van der Waals surface area contributed by atoms with Crippen LogP contribution in [0.4, 0.5) is 5.69 Å². The highest BCUT2D eigenvalue weighted by Crippen LogP contribution is 2.42. The topological polar surface area (TPSA) is 66.5 Å². The molecular weight excluding hydrogens is 324 g/mol. The Morgan fingerprint density at radius 1 is 1.12 bits per heavy atom. The minimum atomic E-state index is -3.56. The second kappa shape index (κ2) is 5.94. The first-order valence-electron chi connectivity index (χ1n) is 7.83. The van der Waals surface area contributed by atoms with E-state index in [-0.39, 0.29) is 10.8 Å². The quantitative estimate of drug-likeness (QED) is 0.931. The molecule has 1 aliphatic rings. The van der Waals surface area contributed by atoms with Gasteiger partial charge in [0, 0.05) is 30.3 Å². The number of fused-ring (bicyclic) bond motifs is 3. The molecule has 1 amide bonds. The molecule has 0 fully saturated rings. The van der Waals surface area contributed by atoms with Gasteiger partial charge in [-0.25, -0.2) is 8.42 Å². The second-order valence-electron chi connectivity index (χ2n) is 6.30. The number of hydrogen-bond acceptors (Lipinski definition) is 3. The zero-order chi connectivity index (χ0) is 17.5. The van der Waals surface area contributed by atoms with Gasteiger partial charge in [-0.15, -0.1) is 0 Å². The Balaban J connectivity index is 2.09. The molecule has 3 rings (SSSR count). The van der Waals surface area contributed by atoms with Crippen LogP contribution in [0.3, 0.4) is 0 Å². The van der Waals surface area contributed by atoms with Crippen LogP contribution >= 0.6 is 0 Å². The van der Waals surface area contributed by atoms with Crippen LogP contribution in [0.1, 0.15) is 24.2 Å². The first-order valence-corrected chi connectivity index (χ1v) is 9.27. The molecule has 0 saturated heterocycles.